The molecule has 0 aromatic rings. The zero-order valence-electron chi connectivity index (χ0n) is 12.1. The molecule has 1 saturated heterocycles. The second kappa shape index (κ2) is 6.72. The maximum absolute atomic E-state index is 5.79. The van der Waals surface area contributed by atoms with E-state index in [4.69, 9.17) is 5.84 Å². The Hall–Kier alpha value is -0.120. The van der Waals surface area contributed by atoms with Crippen LogP contribution in [-0.2, 0) is 0 Å². The van der Waals surface area contributed by atoms with Crippen molar-refractivity contribution in [2.75, 3.05) is 13.1 Å². The summed E-state index contributed by atoms with van der Waals surface area (Å²) in [4.78, 5) is 2.61. The van der Waals surface area contributed by atoms with Crippen molar-refractivity contribution in [2.24, 2.45) is 11.8 Å². The molecule has 1 fully saturated rings. The number of nitrogens with zero attached hydrogens (tertiary/aromatic N) is 1. The fourth-order valence-corrected chi connectivity index (χ4v) is 2.82. The van der Waals surface area contributed by atoms with Gasteiger partial charge >= 0.3 is 0 Å². The zero-order valence-corrected chi connectivity index (χ0v) is 12.1. The van der Waals surface area contributed by atoms with Crippen molar-refractivity contribution in [2.45, 2.75) is 71.4 Å². The molecule has 1 aliphatic rings. The number of nitrogens with two attached hydrogens (primary N) is 1. The topological polar surface area (TPSA) is 41.3 Å². The van der Waals surface area contributed by atoms with Gasteiger partial charge in [0.1, 0.15) is 0 Å². The molecule has 0 saturated carbocycles. The number of hydrazine groups is 1. The standard InChI is InChI=1S/C14H31N3/c1-5-12(2)11-13(16-15)14(3,4)17-9-7-6-8-10-17/h12-13,16H,5-11,15H2,1-4H3. The van der Waals surface area contributed by atoms with Crippen LogP contribution in [0.2, 0.25) is 0 Å². The summed E-state index contributed by atoms with van der Waals surface area (Å²) in [5.41, 5.74) is 3.23. The monoisotopic (exact) mass is 241 g/mol. The van der Waals surface area contributed by atoms with Gasteiger partial charge in [-0.25, -0.2) is 0 Å². The Morgan fingerprint density at radius 3 is 2.29 bits per heavy atom. The van der Waals surface area contributed by atoms with Gasteiger partial charge in [-0.1, -0.05) is 26.7 Å². The summed E-state index contributed by atoms with van der Waals surface area (Å²) in [6.45, 7) is 11.7. The summed E-state index contributed by atoms with van der Waals surface area (Å²) < 4.78 is 0. The highest BCUT2D eigenvalue weighted by Gasteiger charge is 2.35. The van der Waals surface area contributed by atoms with Crippen molar-refractivity contribution in [3.63, 3.8) is 0 Å². The van der Waals surface area contributed by atoms with Crippen molar-refractivity contribution in [1.29, 1.82) is 0 Å². The van der Waals surface area contributed by atoms with Gasteiger partial charge in [0, 0.05) is 11.6 Å². The lowest BCUT2D eigenvalue weighted by Crippen LogP contribution is -2.60. The summed E-state index contributed by atoms with van der Waals surface area (Å²) >= 11 is 0. The number of hydrogen-bond donors (Lipinski definition) is 2. The Kier molecular flexibility index (Phi) is 5.90. The van der Waals surface area contributed by atoms with Gasteiger partial charge in [-0.15, -0.1) is 0 Å². The lowest BCUT2D eigenvalue weighted by atomic mass is 9.84. The van der Waals surface area contributed by atoms with Crippen LogP contribution in [0.15, 0.2) is 0 Å². The Morgan fingerprint density at radius 1 is 1.24 bits per heavy atom. The molecule has 0 radical (unpaired) electrons. The molecule has 3 heteroatoms. The number of rotatable bonds is 6. The molecule has 0 aromatic heterocycles. The van der Waals surface area contributed by atoms with Crippen molar-refractivity contribution in [1.82, 2.24) is 10.3 Å². The van der Waals surface area contributed by atoms with E-state index in [1.54, 1.807) is 0 Å². The van der Waals surface area contributed by atoms with Crippen molar-refractivity contribution in [3.8, 4) is 0 Å². The summed E-state index contributed by atoms with van der Waals surface area (Å²) in [7, 11) is 0. The predicted molar refractivity (Wildman–Crippen MR) is 74.7 cm³/mol. The van der Waals surface area contributed by atoms with E-state index in [9.17, 15) is 0 Å². The Labute approximate surface area is 107 Å². The molecule has 3 N–H and O–H groups in total. The summed E-state index contributed by atoms with van der Waals surface area (Å²) in [5.74, 6) is 6.53. The van der Waals surface area contributed by atoms with Crippen LogP contribution >= 0.6 is 0 Å². The normalized spacial score (nSPS) is 22.4. The van der Waals surface area contributed by atoms with Gasteiger partial charge in [0.15, 0.2) is 0 Å². The maximum Gasteiger partial charge on any atom is 0.0391 e. The van der Waals surface area contributed by atoms with Gasteiger partial charge in [0.2, 0.25) is 0 Å². The SMILES string of the molecule is CCC(C)CC(NN)C(C)(C)N1CCCCC1. The van der Waals surface area contributed by atoms with Crippen molar-refractivity contribution < 1.29 is 0 Å². The number of nitrogens with one attached hydrogen (secondary N) is 1. The summed E-state index contributed by atoms with van der Waals surface area (Å²) in [5, 5.41) is 0. The first-order valence-electron chi connectivity index (χ1n) is 7.23. The first-order chi connectivity index (χ1) is 8.02. The second-order valence-electron chi connectivity index (χ2n) is 6.17. The highest BCUT2D eigenvalue weighted by atomic mass is 15.3. The van der Waals surface area contributed by atoms with Crippen LogP contribution in [0.5, 0.6) is 0 Å². The minimum atomic E-state index is 0.165. The number of piperidine rings is 1. The van der Waals surface area contributed by atoms with Crippen LogP contribution in [0.4, 0.5) is 0 Å². The first-order valence-corrected chi connectivity index (χ1v) is 7.23. The summed E-state index contributed by atoms with van der Waals surface area (Å²) in [6.07, 6.45) is 6.46. The third-order valence-electron chi connectivity index (χ3n) is 4.56. The van der Waals surface area contributed by atoms with Gasteiger partial charge in [0.05, 0.1) is 0 Å². The highest BCUT2D eigenvalue weighted by Crippen LogP contribution is 2.27. The average Bonchev–Trinajstić information content (AvgIpc) is 2.36. The molecule has 1 rings (SSSR count). The number of hydrogen-bond acceptors (Lipinski definition) is 3. The van der Waals surface area contributed by atoms with Gasteiger partial charge in [-0.05, 0) is 52.1 Å². The van der Waals surface area contributed by atoms with Crippen LogP contribution in [0.3, 0.4) is 0 Å². The van der Waals surface area contributed by atoms with E-state index in [2.05, 4.69) is 38.0 Å². The quantitative estimate of drug-likeness (QED) is 0.554. The lowest BCUT2D eigenvalue weighted by Gasteiger charge is -2.46. The average molecular weight is 241 g/mol. The summed E-state index contributed by atoms with van der Waals surface area (Å²) in [6, 6.07) is 0.385. The van der Waals surface area contributed by atoms with E-state index in [0.717, 1.165) is 12.3 Å². The molecule has 0 aromatic carbocycles. The largest absolute Gasteiger partial charge is 0.297 e. The maximum atomic E-state index is 5.79. The minimum Gasteiger partial charge on any atom is -0.297 e. The lowest BCUT2D eigenvalue weighted by molar-refractivity contribution is 0.0531. The van der Waals surface area contributed by atoms with Gasteiger partial charge in [-0.3, -0.25) is 16.2 Å². The molecule has 2 unspecified atom stereocenters. The van der Waals surface area contributed by atoms with Crippen LogP contribution in [0.25, 0.3) is 0 Å². The van der Waals surface area contributed by atoms with Crippen LogP contribution < -0.4 is 11.3 Å². The molecule has 0 spiro atoms. The molecular weight excluding hydrogens is 210 g/mol. The second-order valence-corrected chi connectivity index (χ2v) is 6.17. The molecule has 3 nitrogen and oxygen atoms in total. The third-order valence-corrected chi connectivity index (χ3v) is 4.56. The fourth-order valence-electron chi connectivity index (χ4n) is 2.82. The van der Waals surface area contributed by atoms with Gasteiger partial charge in [-0.2, -0.15) is 0 Å². The molecule has 2 atom stereocenters. The highest BCUT2D eigenvalue weighted by molar-refractivity contribution is 4.94. The van der Waals surface area contributed by atoms with Gasteiger partial charge < -0.3 is 0 Å². The Bertz CT molecular complexity index is 210. The molecule has 17 heavy (non-hydrogen) atoms. The fraction of sp³-hybridized carbons (Fsp3) is 1.00. The Balaban J connectivity index is 2.62. The molecule has 0 bridgehead atoms. The molecule has 1 aliphatic heterocycles. The van der Waals surface area contributed by atoms with Crippen LogP contribution in [0, 0.1) is 5.92 Å². The van der Waals surface area contributed by atoms with Crippen molar-refractivity contribution >= 4 is 0 Å². The molecule has 0 aliphatic carbocycles. The zero-order chi connectivity index (χ0) is 12.9. The van der Waals surface area contributed by atoms with E-state index in [0.29, 0.717) is 6.04 Å². The van der Waals surface area contributed by atoms with E-state index < -0.39 is 0 Å². The smallest absolute Gasteiger partial charge is 0.0391 e. The van der Waals surface area contributed by atoms with E-state index >= 15 is 0 Å². The number of likely N-dealkylation sites (tertiary alicyclic amines) is 1. The van der Waals surface area contributed by atoms with E-state index in [-0.39, 0.29) is 5.54 Å². The van der Waals surface area contributed by atoms with Crippen LogP contribution in [0.1, 0.15) is 59.8 Å². The third kappa shape index (κ3) is 3.94. The van der Waals surface area contributed by atoms with E-state index in [1.807, 2.05) is 0 Å². The Morgan fingerprint density at radius 2 is 1.82 bits per heavy atom. The molecule has 0 amide bonds. The molecule has 102 valence electrons. The van der Waals surface area contributed by atoms with Crippen LogP contribution in [-0.4, -0.2) is 29.6 Å². The first kappa shape index (κ1) is 14.9. The minimum absolute atomic E-state index is 0.165. The predicted octanol–water partition coefficient (Wildman–Crippen LogP) is 2.52. The molecular formula is C14H31N3. The van der Waals surface area contributed by atoms with Crippen molar-refractivity contribution in [3.05, 3.63) is 0 Å². The molecule has 1 heterocycles. The van der Waals surface area contributed by atoms with Gasteiger partial charge in [0.25, 0.3) is 0 Å². The van der Waals surface area contributed by atoms with E-state index in [1.165, 1.54) is 38.8 Å².